The van der Waals surface area contributed by atoms with E-state index in [1.165, 1.54) is 6.20 Å². The van der Waals surface area contributed by atoms with Gasteiger partial charge in [0.2, 0.25) is 0 Å². The van der Waals surface area contributed by atoms with Gasteiger partial charge in [0, 0.05) is 12.7 Å². The zero-order valence-electron chi connectivity index (χ0n) is 9.50. The van der Waals surface area contributed by atoms with Crippen LogP contribution in [0.15, 0.2) is 6.20 Å². The predicted molar refractivity (Wildman–Crippen MR) is 67.7 cm³/mol. The van der Waals surface area contributed by atoms with Crippen LogP contribution in [-0.2, 0) is 6.54 Å². The standard InChI is InChI=1S/C11H11Cl2N3O/c1-3-4-16-11-8(6(2)15-16)9(12)7(5-14-11)10(13)17/h5H,3-4H2,1-2H3. The molecule has 0 atom stereocenters. The zero-order chi connectivity index (χ0) is 12.6. The van der Waals surface area contributed by atoms with Crippen molar-refractivity contribution in [3.8, 4) is 0 Å². The molecule has 2 rings (SSSR count). The highest BCUT2D eigenvalue weighted by Crippen LogP contribution is 2.29. The van der Waals surface area contributed by atoms with Gasteiger partial charge in [0.05, 0.1) is 21.7 Å². The Labute approximate surface area is 109 Å². The minimum Gasteiger partial charge on any atom is -0.275 e. The Morgan fingerprint density at radius 2 is 2.24 bits per heavy atom. The number of rotatable bonds is 3. The van der Waals surface area contributed by atoms with Crippen molar-refractivity contribution in [2.24, 2.45) is 0 Å². The topological polar surface area (TPSA) is 47.8 Å². The minimum absolute atomic E-state index is 0.222. The van der Waals surface area contributed by atoms with Crippen molar-refractivity contribution in [2.75, 3.05) is 0 Å². The summed E-state index contributed by atoms with van der Waals surface area (Å²) in [5.74, 6) is 0. The third-order valence-electron chi connectivity index (χ3n) is 2.52. The van der Waals surface area contributed by atoms with E-state index in [-0.39, 0.29) is 5.56 Å². The van der Waals surface area contributed by atoms with Crippen LogP contribution >= 0.6 is 23.2 Å². The average Bonchev–Trinajstić information content (AvgIpc) is 2.57. The molecule has 90 valence electrons. The Kier molecular flexibility index (Phi) is 3.35. The molecule has 4 nitrogen and oxygen atoms in total. The van der Waals surface area contributed by atoms with E-state index in [2.05, 4.69) is 17.0 Å². The lowest BCUT2D eigenvalue weighted by atomic mass is 10.2. The molecule has 2 aromatic rings. The maximum atomic E-state index is 11.2. The van der Waals surface area contributed by atoms with Crippen molar-refractivity contribution in [1.82, 2.24) is 14.8 Å². The number of carbonyl (C=O) groups is 1. The molecule has 0 aliphatic rings. The molecule has 0 aliphatic heterocycles. The first-order chi connectivity index (χ1) is 8.06. The maximum absolute atomic E-state index is 11.2. The van der Waals surface area contributed by atoms with E-state index >= 15 is 0 Å². The van der Waals surface area contributed by atoms with Gasteiger partial charge in [-0.2, -0.15) is 5.10 Å². The fourth-order valence-corrected chi connectivity index (χ4v) is 2.33. The molecule has 17 heavy (non-hydrogen) atoms. The molecule has 0 amide bonds. The van der Waals surface area contributed by atoms with Gasteiger partial charge < -0.3 is 0 Å². The third kappa shape index (κ3) is 2.03. The van der Waals surface area contributed by atoms with E-state index in [9.17, 15) is 4.79 Å². The Morgan fingerprint density at radius 1 is 1.53 bits per heavy atom. The van der Waals surface area contributed by atoms with Crippen LogP contribution in [0.4, 0.5) is 0 Å². The summed E-state index contributed by atoms with van der Waals surface area (Å²) in [6.45, 7) is 4.66. The zero-order valence-corrected chi connectivity index (χ0v) is 11.0. The molecule has 0 fully saturated rings. The van der Waals surface area contributed by atoms with Crippen molar-refractivity contribution in [3.63, 3.8) is 0 Å². The van der Waals surface area contributed by atoms with Gasteiger partial charge in [0.15, 0.2) is 5.65 Å². The van der Waals surface area contributed by atoms with E-state index in [4.69, 9.17) is 23.2 Å². The summed E-state index contributed by atoms with van der Waals surface area (Å²) in [6.07, 6.45) is 2.35. The maximum Gasteiger partial charge on any atom is 0.255 e. The number of carbonyl (C=O) groups excluding carboxylic acids is 1. The largest absolute Gasteiger partial charge is 0.275 e. The highest BCUT2D eigenvalue weighted by molar-refractivity contribution is 6.69. The Balaban J connectivity index is 2.74. The molecule has 2 aromatic heterocycles. The van der Waals surface area contributed by atoms with E-state index in [0.29, 0.717) is 16.1 Å². The van der Waals surface area contributed by atoms with Crippen molar-refractivity contribution in [3.05, 3.63) is 22.5 Å². The van der Waals surface area contributed by atoms with Crippen LogP contribution in [0.2, 0.25) is 5.02 Å². The van der Waals surface area contributed by atoms with Crippen LogP contribution < -0.4 is 0 Å². The lowest BCUT2D eigenvalue weighted by Gasteiger charge is -2.02. The smallest absolute Gasteiger partial charge is 0.255 e. The summed E-state index contributed by atoms with van der Waals surface area (Å²) in [7, 11) is 0. The molecule has 6 heteroatoms. The first kappa shape index (κ1) is 12.3. The van der Waals surface area contributed by atoms with E-state index < -0.39 is 5.24 Å². The third-order valence-corrected chi connectivity index (χ3v) is 3.12. The SMILES string of the molecule is CCCn1nc(C)c2c(Cl)c(C(=O)Cl)cnc21. The van der Waals surface area contributed by atoms with Gasteiger partial charge in [0.25, 0.3) is 5.24 Å². The van der Waals surface area contributed by atoms with Gasteiger partial charge in [-0.3, -0.25) is 4.79 Å². The van der Waals surface area contributed by atoms with Gasteiger partial charge in [0.1, 0.15) is 0 Å². The van der Waals surface area contributed by atoms with Gasteiger partial charge in [-0.1, -0.05) is 18.5 Å². The number of hydrogen-bond donors (Lipinski definition) is 0. The Bertz CT molecular complexity index is 592. The van der Waals surface area contributed by atoms with E-state index in [1.54, 1.807) is 4.68 Å². The lowest BCUT2D eigenvalue weighted by molar-refractivity contribution is 0.108. The molecule has 0 spiro atoms. The van der Waals surface area contributed by atoms with Crippen molar-refractivity contribution in [1.29, 1.82) is 0 Å². The van der Waals surface area contributed by atoms with Gasteiger partial charge in [-0.25, -0.2) is 9.67 Å². The average molecular weight is 272 g/mol. The lowest BCUT2D eigenvalue weighted by Crippen LogP contribution is -2.01. The fourth-order valence-electron chi connectivity index (χ4n) is 1.78. The fraction of sp³-hybridized carbons (Fsp3) is 0.364. The summed E-state index contributed by atoms with van der Waals surface area (Å²) in [6, 6.07) is 0. The number of pyridine rings is 1. The van der Waals surface area contributed by atoms with Crippen molar-refractivity contribution in [2.45, 2.75) is 26.8 Å². The number of hydrogen-bond acceptors (Lipinski definition) is 3. The van der Waals surface area contributed by atoms with E-state index in [0.717, 1.165) is 18.7 Å². The number of halogens is 2. The molecule has 0 aliphatic carbocycles. The van der Waals surface area contributed by atoms with Crippen LogP contribution in [0.5, 0.6) is 0 Å². The minimum atomic E-state index is -0.605. The first-order valence-electron chi connectivity index (χ1n) is 5.27. The number of aromatic nitrogens is 3. The quantitative estimate of drug-likeness (QED) is 0.806. The van der Waals surface area contributed by atoms with Crippen molar-refractivity contribution < 1.29 is 4.79 Å². The summed E-state index contributed by atoms with van der Waals surface area (Å²) < 4.78 is 1.79. The van der Waals surface area contributed by atoms with E-state index in [1.807, 2.05) is 6.92 Å². The highest BCUT2D eigenvalue weighted by atomic mass is 35.5. The summed E-state index contributed by atoms with van der Waals surface area (Å²) in [4.78, 5) is 15.4. The van der Waals surface area contributed by atoms with Gasteiger partial charge in [-0.15, -0.1) is 0 Å². The Morgan fingerprint density at radius 3 is 2.82 bits per heavy atom. The molecule has 0 aromatic carbocycles. The molecule has 0 saturated carbocycles. The summed E-state index contributed by atoms with van der Waals surface area (Å²) in [5, 5.41) is 4.78. The van der Waals surface area contributed by atoms with Crippen molar-refractivity contribution >= 4 is 39.5 Å². The monoisotopic (exact) mass is 271 g/mol. The van der Waals surface area contributed by atoms with Gasteiger partial charge >= 0.3 is 0 Å². The van der Waals surface area contributed by atoms with Crippen LogP contribution in [-0.4, -0.2) is 20.0 Å². The van der Waals surface area contributed by atoms with Gasteiger partial charge in [-0.05, 0) is 24.9 Å². The normalized spacial score (nSPS) is 11.1. The second-order valence-corrected chi connectivity index (χ2v) is 4.49. The van der Waals surface area contributed by atoms with Crippen LogP contribution in [0.3, 0.4) is 0 Å². The molecule has 0 bridgehead atoms. The molecule has 0 saturated heterocycles. The van der Waals surface area contributed by atoms with Crippen LogP contribution in [0.25, 0.3) is 11.0 Å². The molecule has 0 N–H and O–H groups in total. The highest BCUT2D eigenvalue weighted by Gasteiger charge is 2.17. The second-order valence-electron chi connectivity index (χ2n) is 3.77. The molecule has 0 unspecified atom stereocenters. The summed E-state index contributed by atoms with van der Waals surface area (Å²) in [5.41, 5.74) is 1.67. The predicted octanol–water partition coefficient (Wildman–Crippen LogP) is 3.18. The molecular formula is C11H11Cl2N3O. The molecular weight excluding hydrogens is 261 g/mol. The number of aryl methyl sites for hydroxylation is 2. The molecule has 0 radical (unpaired) electrons. The second kappa shape index (κ2) is 4.63. The number of fused-ring (bicyclic) bond motifs is 1. The van der Waals surface area contributed by atoms with Crippen LogP contribution in [0.1, 0.15) is 29.4 Å². The summed E-state index contributed by atoms with van der Waals surface area (Å²) >= 11 is 11.6. The first-order valence-corrected chi connectivity index (χ1v) is 6.03. The van der Waals surface area contributed by atoms with Crippen LogP contribution in [0, 0.1) is 6.92 Å². The Hall–Kier alpha value is -1.13. The molecule has 2 heterocycles. The number of nitrogens with zero attached hydrogens (tertiary/aromatic N) is 3.